The second kappa shape index (κ2) is 4.49. The fourth-order valence-corrected chi connectivity index (χ4v) is 3.02. The van der Waals surface area contributed by atoms with E-state index in [1.54, 1.807) is 6.07 Å². The van der Waals surface area contributed by atoms with Gasteiger partial charge in [-0.1, -0.05) is 36.0 Å². The van der Waals surface area contributed by atoms with Gasteiger partial charge >= 0.3 is 6.18 Å². The molecule has 0 amide bonds. The van der Waals surface area contributed by atoms with Crippen LogP contribution in [0.25, 0.3) is 4.91 Å². The van der Waals surface area contributed by atoms with Gasteiger partial charge in [-0.05, 0) is 23.8 Å². The van der Waals surface area contributed by atoms with Crippen molar-refractivity contribution in [3.05, 3.63) is 64.8 Å². The van der Waals surface area contributed by atoms with Crippen LogP contribution in [0, 0.1) is 0 Å². The van der Waals surface area contributed by atoms with Crippen LogP contribution in [0.2, 0.25) is 0 Å². The largest absolute Gasteiger partial charge is 0.416 e. The first-order chi connectivity index (χ1) is 9.04. The molecule has 1 aromatic rings. The van der Waals surface area contributed by atoms with E-state index in [-0.39, 0.29) is 0 Å². The molecule has 0 aromatic heterocycles. The molecule has 0 unspecified atom stereocenters. The summed E-state index contributed by atoms with van der Waals surface area (Å²) in [4.78, 5) is 2.88. The topological polar surface area (TPSA) is 3.24 Å². The number of fused-ring (bicyclic) bond motifs is 1. The van der Waals surface area contributed by atoms with Crippen molar-refractivity contribution in [2.45, 2.75) is 6.18 Å². The predicted octanol–water partition coefficient (Wildman–Crippen LogP) is 4.46. The Morgan fingerprint density at radius 3 is 2.79 bits per heavy atom. The minimum Gasteiger partial charge on any atom is -0.338 e. The number of benzene rings is 1. The number of thioether (sulfide) groups is 1. The number of hydrogen-bond donors (Lipinski definition) is 0. The highest BCUT2D eigenvalue weighted by atomic mass is 32.2. The first-order valence-corrected chi connectivity index (χ1v) is 6.56. The molecule has 0 spiro atoms. The van der Waals surface area contributed by atoms with Gasteiger partial charge in [-0.3, -0.25) is 0 Å². The molecule has 0 fully saturated rings. The van der Waals surface area contributed by atoms with Crippen LogP contribution >= 0.6 is 11.8 Å². The van der Waals surface area contributed by atoms with Crippen molar-refractivity contribution < 1.29 is 13.2 Å². The third kappa shape index (κ3) is 2.42. The van der Waals surface area contributed by atoms with E-state index in [1.807, 2.05) is 29.3 Å². The van der Waals surface area contributed by atoms with Crippen molar-refractivity contribution in [3.63, 3.8) is 0 Å². The molecular formula is C14H10F3NS. The molecule has 98 valence electrons. The van der Waals surface area contributed by atoms with Gasteiger partial charge in [0.25, 0.3) is 0 Å². The molecule has 2 aliphatic rings. The third-order valence-electron chi connectivity index (χ3n) is 2.92. The van der Waals surface area contributed by atoms with E-state index in [9.17, 15) is 13.2 Å². The average Bonchev–Trinajstić information content (AvgIpc) is 2.81. The van der Waals surface area contributed by atoms with Crippen LogP contribution in [0.1, 0.15) is 11.1 Å². The number of nitrogens with zero attached hydrogens (tertiary/aromatic N) is 1. The van der Waals surface area contributed by atoms with Gasteiger partial charge in [0, 0.05) is 17.6 Å². The Morgan fingerprint density at radius 1 is 1.21 bits per heavy atom. The Bertz CT molecular complexity index is 599. The molecule has 0 aliphatic carbocycles. The summed E-state index contributed by atoms with van der Waals surface area (Å²) in [6, 6.07) is 5.45. The second-order valence-corrected chi connectivity index (χ2v) is 5.32. The van der Waals surface area contributed by atoms with Crippen LogP contribution < -0.4 is 0 Å². The summed E-state index contributed by atoms with van der Waals surface area (Å²) in [5, 5.41) is 1.05. The van der Waals surface area contributed by atoms with Crippen LogP contribution in [0.15, 0.2) is 53.7 Å². The highest BCUT2D eigenvalue weighted by Gasteiger charge is 2.31. The van der Waals surface area contributed by atoms with Gasteiger partial charge in [0.2, 0.25) is 0 Å². The lowest BCUT2D eigenvalue weighted by Gasteiger charge is -2.16. The molecular weight excluding hydrogens is 271 g/mol. The van der Waals surface area contributed by atoms with Crippen LogP contribution in [0.3, 0.4) is 0 Å². The van der Waals surface area contributed by atoms with E-state index in [4.69, 9.17) is 0 Å². The van der Waals surface area contributed by atoms with Crippen molar-refractivity contribution >= 4 is 16.7 Å². The Morgan fingerprint density at radius 2 is 2.05 bits per heavy atom. The molecule has 19 heavy (non-hydrogen) atoms. The Balaban J connectivity index is 1.92. The average molecular weight is 281 g/mol. The summed E-state index contributed by atoms with van der Waals surface area (Å²) in [5.41, 5.74) is -0.00129. The van der Waals surface area contributed by atoms with Crippen molar-refractivity contribution in [1.29, 1.82) is 0 Å². The minimum atomic E-state index is -4.30. The van der Waals surface area contributed by atoms with Gasteiger partial charge in [0.1, 0.15) is 0 Å². The highest BCUT2D eigenvalue weighted by Crippen LogP contribution is 2.43. The fraction of sp³-hybridized carbons (Fsp3) is 0.143. The quantitative estimate of drug-likeness (QED) is 0.747. The molecule has 3 rings (SSSR count). The first-order valence-electron chi connectivity index (χ1n) is 5.75. The molecule has 0 saturated carbocycles. The second-order valence-electron chi connectivity index (χ2n) is 4.26. The standard InChI is InChI=1S/C14H10F3NS/c15-14(16,17)11-5-3-4-10(8-11)12-9-18-7-2-1-6-13(18)19-12/h1-6,8-9H,7H2. The lowest BCUT2D eigenvalue weighted by molar-refractivity contribution is -0.137. The zero-order valence-corrected chi connectivity index (χ0v) is 10.6. The number of hydrogen-bond acceptors (Lipinski definition) is 2. The zero-order valence-electron chi connectivity index (χ0n) is 9.82. The van der Waals surface area contributed by atoms with Crippen molar-refractivity contribution in [2.75, 3.05) is 6.54 Å². The molecule has 0 saturated heterocycles. The van der Waals surface area contributed by atoms with Crippen LogP contribution in [-0.4, -0.2) is 11.4 Å². The Kier molecular flexibility index (Phi) is 2.93. The summed E-state index contributed by atoms with van der Waals surface area (Å²) >= 11 is 1.50. The van der Waals surface area contributed by atoms with Crippen LogP contribution in [0.4, 0.5) is 13.2 Å². The number of allylic oxidation sites excluding steroid dienone is 2. The Labute approximate surface area is 113 Å². The van der Waals surface area contributed by atoms with Crippen LogP contribution in [0.5, 0.6) is 0 Å². The van der Waals surface area contributed by atoms with Crippen molar-refractivity contribution in [3.8, 4) is 0 Å². The predicted molar refractivity (Wildman–Crippen MR) is 70.9 cm³/mol. The van der Waals surface area contributed by atoms with E-state index in [0.29, 0.717) is 5.56 Å². The van der Waals surface area contributed by atoms with Gasteiger partial charge in [-0.2, -0.15) is 13.2 Å². The van der Waals surface area contributed by atoms with E-state index in [2.05, 4.69) is 0 Å². The molecule has 1 nitrogen and oxygen atoms in total. The molecule has 2 heterocycles. The highest BCUT2D eigenvalue weighted by molar-refractivity contribution is 8.12. The lowest BCUT2D eigenvalue weighted by Crippen LogP contribution is -2.13. The van der Waals surface area contributed by atoms with E-state index in [1.165, 1.54) is 23.9 Å². The fourth-order valence-electron chi connectivity index (χ4n) is 1.98. The van der Waals surface area contributed by atoms with Gasteiger partial charge in [0.05, 0.1) is 10.6 Å². The minimum absolute atomic E-state index is 0.607. The van der Waals surface area contributed by atoms with Gasteiger partial charge in [0.15, 0.2) is 0 Å². The summed E-state index contributed by atoms with van der Waals surface area (Å²) in [7, 11) is 0. The molecule has 0 bridgehead atoms. The number of rotatable bonds is 1. The Hall–Kier alpha value is -1.62. The number of alkyl halides is 3. The molecule has 2 aliphatic heterocycles. The van der Waals surface area contributed by atoms with Crippen molar-refractivity contribution in [2.24, 2.45) is 0 Å². The maximum absolute atomic E-state index is 12.7. The zero-order chi connectivity index (χ0) is 13.5. The summed E-state index contributed by atoms with van der Waals surface area (Å²) < 4.78 is 38.1. The molecule has 5 heteroatoms. The van der Waals surface area contributed by atoms with Gasteiger partial charge < -0.3 is 4.90 Å². The SMILES string of the molecule is FC(F)(F)c1cccc(C2=CN3CC=CC=C3S2)c1. The summed E-state index contributed by atoms with van der Waals surface area (Å²) in [6.07, 6.45) is 3.53. The van der Waals surface area contributed by atoms with E-state index >= 15 is 0 Å². The lowest BCUT2D eigenvalue weighted by atomic mass is 10.1. The monoisotopic (exact) mass is 281 g/mol. The molecule has 0 atom stereocenters. The summed E-state index contributed by atoms with van der Waals surface area (Å²) in [6.45, 7) is 0.765. The number of halogens is 3. The third-order valence-corrected chi connectivity index (χ3v) is 4.06. The molecule has 1 aromatic carbocycles. The molecule has 0 radical (unpaired) electrons. The normalized spacial score (nSPS) is 18.2. The van der Waals surface area contributed by atoms with Crippen LogP contribution in [-0.2, 0) is 6.18 Å². The van der Waals surface area contributed by atoms with Crippen molar-refractivity contribution in [1.82, 2.24) is 4.90 Å². The summed E-state index contributed by atoms with van der Waals surface area (Å²) in [5.74, 6) is 0. The molecule has 0 N–H and O–H groups in total. The van der Waals surface area contributed by atoms with Gasteiger partial charge in [-0.15, -0.1) is 0 Å². The maximum atomic E-state index is 12.7. The maximum Gasteiger partial charge on any atom is 0.416 e. The van der Waals surface area contributed by atoms with E-state index < -0.39 is 11.7 Å². The first kappa shape index (κ1) is 12.4. The van der Waals surface area contributed by atoms with E-state index in [0.717, 1.165) is 22.5 Å². The van der Waals surface area contributed by atoms with Gasteiger partial charge in [-0.25, -0.2) is 0 Å². The smallest absolute Gasteiger partial charge is 0.338 e.